The molecular formula is C12H18O. The average molecular weight is 178 g/mol. The lowest BCUT2D eigenvalue weighted by Crippen LogP contribution is -2.26. The lowest BCUT2D eigenvalue weighted by Gasteiger charge is -2.24. The zero-order valence-electron chi connectivity index (χ0n) is 8.92. The number of benzene rings is 1. The lowest BCUT2D eigenvalue weighted by atomic mass is 10.1. The van der Waals surface area contributed by atoms with E-state index in [1.807, 2.05) is 12.1 Å². The highest BCUT2D eigenvalue weighted by molar-refractivity contribution is 5.27. The van der Waals surface area contributed by atoms with Gasteiger partial charge in [0.25, 0.3) is 0 Å². The highest BCUT2D eigenvalue weighted by atomic mass is 16.5. The van der Waals surface area contributed by atoms with Crippen LogP contribution in [0.5, 0.6) is 5.75 Å². The Morgan fingerprint density at radius 2 is 2.00 bits per heavy atom. The first-order valence-electron chi connectivity index (χ1n) is 4.79. The third kappa shape index (κ3) is 3.10. The monoisotopic (exact) mass is 178 g/mol. The van der Waals surface area contributed by atoms with Gasteiger partial charge in [0.1, 0.15) is 11.4 Å². The van der Waals surface area contributed by atoms with Crippen molar-refractivity contribution < 1.29 is 4.74 Å². The van der Waals surface area contributed by atoms with Crippen molar-refractivity contribution in [3.63, 3.8) is 0 Å². The SMILES string of the molecule is CCC(C)(C)Oc1cccc(C)c1. The fourth-order valence-electron chi connectivity index (χ4n) is 1.07. The minimum absolute atomic E-state index is 0.0617. The third-order valence-corrected chi connectivity index (χ3v) is 2.24. The lowest BCUT2D eigenvalue weighted by molar-refractivity contribution is 0.105. The molecule has 0 saturated carbocycles. The minimum Gasteiger partial charge on any atom is -0.488 e. The molecule has 0 spiro atoms. The van der Waals surface area contributed by atoms with Crippen LogP contribution in [0.15, 0.2) is 24.3 Å². The molecule has 0 bridgehead atoms. The topological polar surface area (TPSA) is 9.23 Å². The normalized spacial score (nSPS) is 11.4. The summed E-state index contributed by atoms with van der Waals surface area (Å²) in [5.41, 5.74) is 1.18. The molecule has 0 saturated heterocycles. The Balaban J connectivity index is 2.74. The second-order valence-corrected chi connectivity index (χ2v) is 4.03. The molecule has 72 valence electrons. The van der Waals surface area contributed by atoms with Gasteiger partial charge in [0, 0.05) is 0 Å². The summed E-state index contributed by atoms with van der Waals surface area (Å²) in [4.78, 5) is 0. The summed E-state index contributed by atoms with van der Waals surface area (Å²) in [5, 5.41) is 0. The van der Waals surface area contributed by atoms with E-state index in [4.69, 9.17) is 4.74 Å². The van der Waals surface area contributed by atoms with Gasteiger partial charge in [-0.15, -0.1) is 0 Å². The molecule has 13 heavy (non-hydrogen) atoms. The number of hydrogen-bond donors (Lipinski definition) is 0. The van der Waals surface area contributed by atoms with Gasteiger partial charge >= 0.3 is 0 Å². The smallest absolute Gasteiger partial charge is 0.120 e. The van der Waals surface area contributed by atoms with Crippen molar-refractivity contribution in [1.29, 1.82) is 0 Å². The van der Waals surface area contributed by atoms with Gasteiger partial charge in [0.15, 0.2) is 0 Å². The van der Waals surface area contributed by atoms with E-state index >= 15 is 0 Å². The van der Waals surface area contributed by atoms with E-state index in [1.165, 1.54) is 5.56 Å². The maximum Gasteiger partial charge on any atom is 0.120 e. The van der Waals surface area contributed by atoms with E-state index in [-0.39, 0.29) is 5.60 Å². The summed E-state index contributed by atoms with van der Waals surface area (Å²) in [5.74, 6) is 0.965. The molecule has 0 radical (unpaired) electrons. The van der Waals surface area contributed by atoms with Crippen molar-refractivity contribution in [2.45, 2.75) is 39.7 Å². The van der Waals surface area contributed by atoms with Crippen LogP contribution in [0.2, 0.25) is 0 Å². The highest BCUT2D eigenvalue weighted by Gasteiger charge is 2.16. The number of hydrogen-bond acceptors (Lipinski definition) is 1. The molecule has 1 aromatic rings. The summed E-state index contributed by atoms with van der Waals surface area (Å²) in [7, 11) is 0. The standard InChI is InChI=1S/C12H18O/c1-5-12(3,4)13-11-8-6-7-10(2)9-11/h6-9H,5H2,1-4H3. The Hall–Kier alpha value is -0.980. The summed E-state index contributed by atoms with van der Waals surface area (Å²) in [6.07, 6.45) is 1.01. The predicted molar refractivity (Wildman–Crippen MR) is 56.2 cm³/mol. The molecular weight excluding hydrogens is 160 g/mol. The van der Waals surface area contributed by atoms with Crippen LogP contribution in [0.1, 0.15) is 32.8 Å². The first kappa shape index (κ1) is 10.1. The molecule has 0 aliphatic heterocycles. The Morgan fingerprint density at radius 1 is 1.31 bits per heavy atom. The molecule has 0 aliphatic rings. The van der Waals surface area contributed by atoms with Crippen LogP contribution < -0.4 is 4.74 Å². The molecule has 0 aromatic heterocycles. The van der Waals surface area contributed by atoms with Crippen molar-refractivity contribution >= 4 is 0 Å². The molecule has 0 heterocycles. The molecule has 0 N–H and O–H groups in total. The van der Waals surface area contributed by atoms with Crippen LogP contribution in [0.3, 0.4) is 0 Å². The quantitative estimate of drug-likeness (QED) is 0.687. The van der Waals surface area contributed by atoms with E-state index in [0.717, 1.165) is 12.2 Å². The Bertz CT molecular complexity index is 276. The molecule has 1 nitrogen and oxygen atoms in total. The largest absolute Gasteiger partial charge is 0.488 e. The van der Waals surface area contributed by atoms with Gasteiger partial charge in [0.2, 0.25) is 0 Å². The summed E-state index contributed by atoms with van der Waals surface area (Å²) in [6.45, 7) is 8.42. The molecule has 0 unspecified atom stereocenters. The predicted octanol–water partition coefficient (Wildman–Crippen LogP) is 3.56. The van der Waals surface area contributed by atoms with Crippen LogP contribution in [0.4, 0.5) is 0 Å². The van der Waals surface area contributed by atoms with Crippen LogP contribution in [0.25, 0.3) is 0 Å². The van der Waals surface area contributed by atoms with Crippen molar-refractivity contribution in [3.05, 3.63) is 29.8 Å². The van der Waals surface area contributed by atoms with E-state index in [1.54, 1.807) is 0 Å². The van der Waals surface area contributed by atoms with Crippen molar-refractivity contribution in [2.75, 3.05) is 0 Å². The van der Waals surface area contributed by atoms with Gasteiger partial charge in [-0.2, -0.15) is 0 Å². The van der Waals surface area contributed by atoms with E-state index in [2.05, 4.69) is 39.8 Å². The molecule has 0 atom stereocenters. The Kier molecular flexibility index (Phi) is 2.97. The van der Waals surface area contributed by atoms with Gasteiger partial charge in [-0.3, -0.25) is 0 Å². The number of aryl methyl sites for hydroxylation is 1. The maximum atomic E-state index is 5.83. The van der Waals surface area contributed by atoms with Gasteiger partial charge in [-0.1, -0.05) is 19.1 Å². The fraction of sp³-hybridized carbons (Fsp3) is 0.500. The summed E-state index contributed by atoms with van der Waals surface area (Å²) in [6, 6.07) is 8.17. The van der Waals surface area contributed by atoms with Gasteiger partial charge < -0.3 is 4.74 Å². The van der Waals surface area contributed by atoms with Crippen LogP contribution in [0, 0.1) is 6.92 Å². The van der Waals surface area contributed by atoms with Crippen LogP contribution in [-0.4, -0.2) is 5.60 Å². The van der Waals surface area contributed by atoms with Gasteiger partial charge in [-0.05, 0) is 44.9 Å². The molecule has 1 rings (SSSR count). The molecule has 1 aromatic carbocycles. The Morgan fingerprint density at radius 3 is 2.54 bits per heavy atom. The van der Waals surface area contributed by atoms with Crippen LogP contribution >= 0.6 is 0 Å². The Labute approximate surface area is 80.7 Å². The summed E-state index contributed by atoms with van der Waals surface area (Å²) >= 11 is 0. The zero-order chi connectivity index (χ0) is 9.90. The van der Waals surface area contributed by atoms with Gasteiger partial charge in [0.05, 0.1) is 0 Å². The minimum atomic E-state index is -0.0617. The number of rotatable bonds is 3. The highest BCUT2D eigenvalue weighted by Crippen LogP contribution is 2.21. The van der Waals surface area contributed by atoms with E-state index < -0.39 is 0 Å². The van der Waals surface area contributed by atoms with E-state index in [9.17, 15) is 0 Å². The zero-order valence-corrected chi connectivity index (χ0v) is 8.92. The van der Waals surface area contributed by atoms with E-state index in [0.29, 0.717) is 0 Å². The van der Waals surface area contributed by atoms with Crippen LogP contribution in [-0.2, 0) is 0 Å². The average Bonchev–Trinajstić information content (AvgIpc) is 2.03. The first-order chi connectivity index (χ1) is 6.03. The maximum absolute atomic E-state index is 5.83. The second-order valence-electron chi connectivity index (χ2n) is 4.03. The molecule has 0 amide bonds. The fourth-order valence-corrected chi connectivity index (χ4v) is 1.07. The molecule has 0 aliphatic carbocycles. The molecule has 1 heteroatoms. The number of ether oxygens (including phenoxy) is 1. The summed E-state index contributed by atoms with van der Waals surface area (Å²) < 4.78 is 5.83. The van der Waals surface area contributed by atoms with Crippen molar-refractivity contribution in [1.82, 2.24) is 0 Å². The third-order valence-electron chi connectivity index (χ3n) is 2.24. The first-order valence-corrected chi connectivity index (χ1v) is 4.79. The molecule has 0 fully saturated rings. The second kappa shape index (κ2) is 3.82. The van der Waals surface area contributed by atoms with Crippen molar-refractivity contribution in [3.8, 4) is 5.75 Å². The van der Waals surface area contributed by atoms with Gasteiger partial charge in [-0.25, -0.2) is 0 Å². The van der Waals surface area contributed by atoms with Crippen molar-refractivity contribution in [2.24, 2.45) is 0 Å².